The predicted octanol–water partition coefficient (Wildman–Crippen LogP) is 0.940. The highest BCUT2D eigenvalue weighted by atomic mass is 32.2. The molecule has 0 radical (unpaired) electrons. The SMILES string of the molecule is CCC(C#N)S(=O)(=O)N1CCC(CCNC)CC1. The van der Waals surface area contributed by atoms with Gasteiger partial charge in [-0.05, 0) is 45.2 Å². The minimum absolute atomic E-state index is 0.360. The van der Waals surface area contributed by atoms with Gasteiger partial charge in [-0.15, -0.1) is 0 Å². The van der Waals surface area contributed by atoms with Gasteiger partial charge in [-0.25, -0.2) is 12.7 Å². The zero-order valence-electron chi connectivity index (χ0n) is 11.2. The second-order valence-electron chi connectivity index (χ2n) is 4.81. The van der Waals surface area contributed by atoms with E-state index < -0.39 is 15.3 Å². The largest absolute Gasteiger partial charge is 0.320 e. The summed E-state index contributed by atoms with van der Waals surface area (Å²) in [5.41, 5.74) is 0. The monoisotopic (exact) mass is 273 g/mol. The van der Waals surface area contributed by atoms with E-state index in [9.17, 15) is 8.42 Å². The molecule has 6 heteroatoms. The van der Waals surface area contributed by atoms with Gasteiger partial charge >= 0.3 is 0 Å². The Morgan fingerprint density at radius 2 is 2.06 bits per heavy atom. The molecule has 0 aromatic carbocycles. The molecule has 0 bridgehead atoms. The normalized spacial score (nSPS) is 20.5. The summed E-state index contributed by atoms with van der Waals surface area (Å²) in [5, 5.41) is 11.1. The van der Waals surface area contributed by atoms with Gasteiger partial charge in [-0.3, -0.25) is 0 Å². The van der Waals surface area contributed by atoms with Gasteiger partial charge in [-0.1, -0.05) is 6.92 Å². The zero-order chi connectivity index (χ0) is 13.6. The van der Waals surface area contributed by atoms with E-state index in [1.807, 2.05) is 13.1 Å². The summed E-state index contributed by atoms with van der Waals surface area (Å²) in [4.78, 5) is 0. The van der Waals surface area contributed by atoms with E-state index in [0.29, 0.717) is 25.4 Å². The fraction of sp³-hybridized carbons (Fsp3) is 0.917. The van der Waals surface area contributed by atoms with Crippen LogP contribution < -0.4 is 5.32 Å². The van der Waals surface area contributed by atoms with Crippen molar-refractivity contribution < 1.29 is 8.42 Å². The van der Waals surface area contributed by atoms with Gasteiger partial charge in [0.25, 0.3) is 0 Å². The van der Waals surface area contributed by atoms with Crippen molar-refractivity contribution in [1.29, 1.82) is 5.26 Å². The molecule has 1 atom stereocenters. The molecule has 1 unspecified atom stereocenters. The molecule has 5 nitrogen and oxygen atoms in total. The van der Waals surface area contributed by atoms with Crippen LogP contribution in [0.3, 0.4) is 0 Å². The number of nitrogens with one attached hydrogen (secondary N) is 1. The van der Waals surface area contributed by atoms with Crippen molar-refractivity contribution in [2.24, 2.45) is 5.92 Å². The Kier molecular flexibility index (Phi) is 6.06. The molecule has 0 aliphatic carbocycles. The summed E-state index contributed by atoms with van der Waals surface area (Å²) >= 11 is 0. The van der Waals surface area contributed by atoms with E-state index in [4.69, 9.17) is 5.26 Å². The molecule has 1 rings (SSSR count). The van der Waals surface area contributed by atoms with Crippen molar-refractivity contribution >= 4 is 10.0 Å². The van der Waals surface area contributed by atoms with Crippen molar-refractivity contribution in [1.82, 2.24) is 9.62 Å². The summed E-state index contributed by atoms with van der Waals surface area (Å²) in [7, 11) is -1.48. The van der Waals surface area contributed by atoms with Gasteiger partial charge in [0.15, 0.2) is 5.25 Å². The lowest BCUT2D eigenvalue weighted by Gasteiger charge is -2.32. The number of nitrogens with zero attached hydrogens (tertiary/aromatic N) is 2. The Hall–Kier alpha value is -0.640. The number of nitriles is 1. The molecule has 0 aromatic rings. The van der Waals surface area contributed by atoms with Crippen LogP contribution in [0.15, 0.2) is 0 Å². The van der Waals surface area contributed by atoms with Gasteiger partial charge in [0.1, 0.15) is 0 Å². The maximum atomic E-state index is 12.2. The number of rotatable bonds is 6. The van der Waals surface area contributed by atoms with Crippen LogP contribution in [0.25, 0.3) is 0 Å². The van der Waals surface area contributed by atoms with E-state index in [-0.39, 0.29) is 0 Å². The van der Waals surface area contributed by atoms with Crippen LogP contribution in [0, 0.1) is 17.2 Å². The molecule has 104 valence electrons. The van der Waals surface area contributed by atoms with E-state index in [1.165, 1.54) is 4.31 Å². The third-order valence-corrected chi connectivity index (χ3v) is 5.85. The Labute approximate surface area is 110 Å². The molecular weight excluding hydrogens is 250 g/mol. The second-order valence-corrected chi connectivity index (χ2v) is 6.92. The van der Waals surface area contributed by atoms with Crippen molar-refractivity contribution in [2.75, 3.05) is 26.7 Å². The molecule has 0 aromatic heterocycles. The van der Waals surface area contributed by atoms with Crippen LogP contribution in [0.5, 0.6) is 0 Å². The van der Waals surface area contributed by atoms with Crippen LogP contribution >= 0.6 is 0 Å². The van der Waals surface area contributed by atoms with E-state index in [2.05, 4.69) is 5.32 Å². The molecule has 1 aliphatic heterocycles. The summed E-state index contributed by atoms with van der Waals surface area (Å²) < 4.78 is 25.8. The average Bonchev–Trinajstić information content (AvgIpc) is 2.38. The maximum absolute atomic E-state index is 12.2. The molecule has 1 aliphatic rings. The van der Waals surface area contributed by atoms with Gasteiger partial charge < -0.3 is 5.32 Å². The molecule has 0 saturated carbocycles. The smallest absolute Gasteiger partial charge is 0.230 e. The first-order valence-electron chi connectivity index (χ1n) is 6.59. The molecule has 1 N–H and O–H groups in total. The van der Waals surface area contributed by atoms with Crippen LogP contribution in [0.1, 0.15) is 32.6 Å². The highest BCUT2D eigenvalue weighted by Gasteiger charge is 2.33. The highest BCUT2D eigenvalue weighted by molar-refractivity contribution is 7.90. The Morgan fingerprint density at radius 3 is 2.50 bits per heavy atom. The number of sulfonamides is 1. The molecule has 1 saturated heterocycles. The minimum atomic E-state index is -3.41. The van der Waals surface area contributed by atoms with Crippen molar-refractivity contribution in [2.45, 2.75) is 37.9 Å². The molecule has 0 amide bonds. The fourth-order valence-electron chi connectivity index (χ4n) is 2.35. The third-order valence-electron chi connectivity index (χ3n) is 3.61. The minimum Gasteiger partial charge on any atom is -0.320 e. The summed E-state index contributed by atoms with van der Waals surface area (Å²) in [5.74, 6) is 0.603. The average molecular weight is 273 g/mol. The van der Waals surface area contributed by atoms with Gasteiger partial charge in [0, 0.05) is 13.1 Å². The third kappa shape index (κ3) is 3.67. The lowest BCUT2D eigenvalue weighted by molar-refractivity contribution is 0.262. The van der Waals surface area contributed by atoms with E-state index in [1.54, 1.807) is 6.92 Å². The quantitative estimate of drug-likeness (QED) is 0.781. The molecule has 1 fully saturated rings. The standard InChI is InChI=1S/C12H23N3O2S/c1-3-12(10-13)18(16,17)15-8-5-11(6-9-15)4-7-14-2/h11-12,14H,3-9H2,1-2H3. The van der Waals surface area contributed by atoms with Crippen LogP contribution in [-0.2, 0) is 10.0 Å². The summed E-state index contributed by atoms with van der Waals surface area (Å²) in [6.45, 7) is 3.85. The topological polar surface area (TPSA) is 73.2 Å². The molecule has 1 heterocycles. The van der Waals surface area contributed by atoms with Crippen molar-refractivity contribution in [3.63, 3.8) is 0 Å². The van der Waals surface area contributed by atoms with Gasteiger partial charge in [-0.2, -0.15) is 5.26 Å². The van der Waals surface area contributed by atoms with E-state index >= 15 is 0 Å². The first-order valence-corrected chi connectivity index (χ1v) is 8.09. The highest BCUT2D eigenvalue weighted by Crippen LogP contribution is 2.24. The number of piperidine rings is 1. The lowest BCUT2D eigenvalue weighted by Crippen LogP contribution is -2.43. The van der Waals surface area contributed by atoms with Crippen LogP contribution in [0.2, 0.25) is 0 Å². The molecule has 0 spiro atoms. The van der Waals surface area contributed by atoms with Crippen LogP contribution in [0.4, 0.5) is 0 Å². The Balaban J connectivity index is 2.55. The number of hydrogen-bond donors (Lipinski definition) is 1. The van der Waals surface area contributed by atoms with Gasteiger partial charge in [0.05, 0.1) is 6.07 Å². The van der Waals surface area contributed by atoms with Gasteiger partial charge in [0.2, 0.25) is 10.0 Å². The number of hydrogen-bond acceptors (Lipinski definition) is 4. The van der Waals surface area contributed by atoms with Crippen LogP contribution in [-0.4, -0.2) is 44.7 Å². The van der Waals surface area contributed by atoms with E-state index in [0.717, 1.165) is 25.8 Å². The Bertz CT molecular complexity index is 381. The fourth-order valence-corrected chi connectivity index (χ4v) is 3.98. The first kappa shape index (κ1) is 15.4. The van der Waals surface area contributed by atoms with Crippen molar-refractivity contribution in [3.05, 3.63) is 0 Å². The van der Waals surface area contributed by atoms with Crippen molar-refractivity contribution in [3.8, 4) is 6.07 Å². The first-order chi connectivity index (χ1) is 8.56. The lowest BCUT2D eigenvalue weighted by atomic mass is 9.95. The molecular formula is C12H23N3O2S. The summed E-state index contributed by atoms with van der Waals surface area (Å²) in [6, 6.07) is 1.90. The molecule has 18 heavy (non-hydrogen) atoms. The summed E-state index contributed by atoms with van der Waals surface area (Å²) in [6.07, 6.45) is 3.27. The Morgan fingerprint density at radius 1 is 1.44 bits per heavy atom. The predicted molar refractivity (Wildman–Crippen MR) is 71.5 cm³/mol. The zero-order valence-corrected chi connectivity index (χ0v) is 12.0. The maximum Gasteiger partial charge on any atom is 0.230 e. The second kappa shape index (κ2) is 7.07.